The summed E-state index contributed by atoms with van der Waals surface area (Å²) >= 11 is 0. The lowest BCUT2D eigenvalue weighted by molar-refractivity contribution is -0.114. The summed E-state index contributed by atoms with van der Waals surface area (Å²) < 4.78 is 16.0. The van der Waals surface area contributed by atoms with Crippen LogP contribution in [0.1, 0.15) is 30.9 Å². The highest BCUT2D eigenvalue weighted by atomic mass is 16.7. The molecule has 0 unspecified atom stereocenters. The van der Waals surface area contributed by atoms with Crippen LogP contribution in [0.3, 0.4) is 0 Å². The number of ketones is 1. The summed E-state index contributed by atoms with van der Waals surface area (Å²) in [5.41, 5.74) is 5.28. The number of allylic oxidation sites excluding steroid dienone is 4. The van der Waals surface area contributed by atoms with Gasteiger partial charge in [-0.3, -0.25) is 4.79 Å². The number of hydrogen-bond acceptors (Lipinski definition) is 4. The van der Waals surface area contributed by atoms with Gasteiger partial charge in [0, 0.05) is 6.42 Å². The lowest BCUT2D eigenvalue weighted by Crippen LogP contribution is -2.09. The van der Waals surface area contributed by atoms with E-state index in [1.165, 1.54) is 5.56 Å². The minimum atomic E-state index is 0.198. The van der Waals surface area contributed by atoms with E-state index in [1.54, 1.807) is 7.11 Å². The number of ether oxygens (including phenoxy) is 3. The molecule has 2 aromatic rings. The molecule has 0 radical (unpaired) electrons. The minimum Gasteiger partial charge on any atom is -0.497 e. The van der Waals surface area contributed by atoms with Gasteiger partial charge in [-0.15, -0.1) is 0 Å². The number of hydrogen-bond donors (Lipinski definition) is 0. The summed E-state index contributed by atoms with van der Waals surface area (Å²) in [6.45, 7) is 2.21. The van der Waals surface area contributed by atoms with Crippen LogP contribution in [0.2, 0.25) is 0 Å². The van der Waals surface area contributed by atoms with Crippen molar-refractivity contribution in [3.05, 3.63) is 70.8 Å². The van der Waals surface area contributed by atoms with Crippen LogP contribution in [0.15, 0.2) is 59.7 Å². The molecule has 138 valence electrons. The van der Waals surface area contributed by atoms with Gasteiger partial charge in [-0.2, -0.15) is 0 Å². The average molecular weight is 362 g/mol. The number of benzene rings is 2. The molecule has 0 amide bonds. The SMILES string of the molecule is COc1ccc(C2=CC(CCc3ccc4c(c3)OCO4)=C(C)C(=O)C2)cc1. The van der Waals surface area contributed by atoms with Crippen LogP contribution in [-0.2, 0) is 11.2 Å². The Bertz CT molecular complexity index is 935. The average Bonchev–Trinajstić information content (AvgIpc) is 3.17. The molecule has 0 saturated carbocycles. The molecule has 2 aromatic carbocycles. The van der Waals surface area contributed by atoms with E-state index >= 15 is 0 Å². The third-order valence-electron chi connectivity index (χ3n) is 5.18. The maximum atomic E-state index is 12.5. The van der Waals surface area contributed by atoms with Crippen molar-refractivity contribution in [2.45, 2.75) is 26.2 Å². The van der Waals surface area contributed by atoms with Gasteiger partial charge in [-0.25, -0.2) is 0 Å². The number of fused-ring (bicyclic) bond motifs is 1. The summed E-state index contributed by atoms with van der Waals surface area (Å²) in [7, 11) is 1.65. The Morgan fingerprint density at radius 1 is 1.00 bits per heavy atom. The Kier molecular flexibility index (Phi) is 4.71. The maximum absolute atomic E-state index is 12.5. The topological polar surface area (TPSA) is 44.8 Å². The second kappa shape index (κ2) is 7.31. The van der Waals surface area contributed by atoms with Gasteiger partial charge in [0.1, 0.15) is 5.75 Å². The quantitative estimate of drug-likeness (QED) is 0.771. The number of carbonyl (C=O) groups is 1. The zero-order valence-corrected chi connectivity index (χ0v) is 15.6. The third kappa shape index (κ3) is 3.61. The maximum Gasteiger partial charge on any atom is 0.231 e. The molecule has 0 fully saturated rings. The van der Waals surface area contributed by atoms with Crippen molar-refractivity contribution in [1.82, 2.24) is 0 Å². The van der Waals surface area contributed by atoms with Gasteiger partial charge in [-0.1, -0.05) is 24.3 Å². The molecular formula is C23H22O4. The largest absolute Gasteiger partial charge is 0.497 e. The normalized spacial score (nSPS) is 15.8. The van der Waals surface area contributed by atoms with Crippen molar-refractivity contribution in [1.29, 1.82) is 0 Å². The molecular weight excluding hydrogens is 340 g/mol. The van der Waals surface area contributed by atoms with E-state index in [9.17, 15) is 4.79 Å². The fourth-order valence-corrected chi connectivity index (χ4v) is 3.48. The Labute approximate surface area is 159 Å². The zero-order valence-electron chi connectivity index (χ0n) is 15.6. The summed E-state index contributed by atoms with van der Waals surface area (Å²) in [6.07, 6.45) is 4.29. The van der Waals surface area contributed by atoms with Gasteiger partial charge < -0.3 is 14.2 Å². The number of aryl methyl sites for hydroxylation is 1. The first-order valence-electron chi connectivity index (χ1n) is 9.10. The number of Topliss-reactive ketones (excluding diaryl/α,β-unsaturated/α-hetero) is 1. The van der Waals surface area contributed by atoms with E-state index in [4.69, 9.17) is 14.2 Å². The van der Waals surface area contributed by atoms with Crippen LogP contribution in [0.4, 0.5) is 0 Å². The highest BCUT2D eigenvalue weighted by Crippen LogP contribution is 2.34. The highest BCUT2D eigenvalue weighted by Gasteiger charge is 2.19. The number of carbonyl (C=O) groups excluding carboxylic acids is 1. The molecule has 1 heterocycles. The lowest BCUT2D eigenvalue weighted by Gasteiger charge is -2.18. The van der Waals surface area contributed by atoms with Gasteiger partial charge in [0.2, 0.25) is 6.79 Å². The zero-order chi connectivity index (χ0) is 18.8. The molecule has 0 N–H and O–H groups in total. The van der Waals surface area contributed by atoms with E-state index in [-0.39, 0.29) is 12.6 Å². The second-order valence-corrected chi connectivity index (χ2v) is 6.84. The smallest absolute Gasteiger partial charge is 0.231 e. The van der Waals surface area contributed by atoms with Gasteiger partial charge in [-0.05, 0) is 71.9 Å². The number of rotatable bonds is 5. The molecule has 4 rings (SSSR count). The van der Waals surface area contributed by atoms with Gasteiger partial charge in [0.05, 0.1) is 7.11 Å². The molecule has 0 saturated heterocycles. The van der Waals surface area contributed by atoms with Crippen molar-refractivity contribution >= 4 is 11.4 Å². The molecule has 0 aromatic heterocycles. The molecule has 0 atom stereocenters. The Morgan fingerprint density at radius 2 is 1.78 bits per heavy atom. The molecule has 4 nitrogen and oxygen atoms in total. The van der Waals surface area contributed by atoms with Gasteiger partial charge in [0.25, 0.3) is 0 Å². The van der Waals surface area contributed by atoms with Crippen LogP contribution >= 0.6 is 0 Å². The van der Waals surface area contributed by atoms with Crippen LogP contribution in [-0.4, -0.2) is 19.7 Å². The molecule has 0 spiro atoms. The molecule has 2 aliphatic rings. The first kappa shape index (κ1) is 17.4. The van der Waals surface area contributed by atoms with E-state index in [1.807, 2.05) is 43.3 Å². The van der Waals surface area contributed by atoms with Crippen LogP contribution in [0, 0.1) is 0 Å². The second-order valence-electron chi connectivity index (χ2n) is 6.84. The first-order valence-corrected chi connectivity index (χ1v) is 9.10. The predicted molar refractivity (Wildman–Crippen MR) is 104 cm³/mol. The van der Waals surface area contributed by atoms with E-state index in [0.29, 0.717) is 6.42 Å². The standard InChI is InChI=1S/C23H22O4/c1-15-18(5-3-16-4-10-22-23(11-16)27-14-26-22)12-19(13-21(15)24)17-6-8-20(25-2)9-7-17/h4,6-12H,3,5,13-14H2,1-2H3. The molecule has 4 heteroatoms. The molecule has 1 aliphatic heterocycles. The Hall–Kier alpha value is -3.01. The lowest BCUT2D eigenvalue weighted by atomic mass is 9.86. The first-order chi connectivity index (χ1) is 13.1. The highest BCUT2D eigenvalue weighted by molar-refractivity contribution is 6.05. The van der Waals surface area contributed by atoms with Gasteiger partial charge in [0.15, 0.2) is 17.3 Å². The Balaban J connectivity index is 1.53. The summed E-state index contributed by atoms with van der Waals surface area (Å²) in [6, 6.07) is 13.9. The molecule has 1 aliphatic carbocycles. The Morgan fingerprint density at radius 3 is 2.56 bits per heavy atom. The van der Waals surface area contributed by atoms with Crippen molar-refractivity contribution in [3.63, 3.8) is 0 Å². The minimum absolute atomic E-state index is 0.198. The summed E-state index contributed by atoms with van der Waals surface area (Å²) in [4.78, 5) is 12.5. The fourth-order valence-electron chi connectivity index (χ4n) is 3.48. The van der Waals surface area contributed by atoms with Crippen molar-refractivity contribution in [2.24, 2.45) is 0 Å². The van der Waals surface area contributed by atoms with E-state index < -0.39 is 0 Å². The van der Waals surface area contributed by atoms with E-state index in [2.05, 4.69) is 12.1 Å². The summed E-state index contributed by atoms with van der Waals surface area (Å²) in [5.74, 6) is 2.61. The summed E-state index contributed by atoms with van der Waals surface area (Å²) in [5, 5.41) is 0. The fraction of sp³-hybridized carbons (Fsp3) is 0.261. The van der Waals surface area contributed by atoms with Crippen LogP contribution in [0.5, 0.6) is 17.2 Å². The third-order valence-corrected chi connectivity index (χ3v) is 5.18. The monoisotopic (exact) mass is 362 g/mol. The van der Waals surface area contributed by atoms with E-state index in [0.717, 1.165) is 52.4 Å². The van der Waals surface area contributed by atoms with Crippen molar-refractivity contribution in [2.75, 3.05) is 13.9 Å². The molecule has 0 bridgehead atoms. The van der Waals surface area contributed by atoms with Crippen LogP contribution < -0.4 is 14.2 Å². The number of methoxy groups -OCH3 is 1. The van der Waals surface area contributed by atoms with Crippen LogP contribution in [0.25, 0.3) is 5.57 Å². The molecule has 27 heavy (non-hydrogen) atoms. The predicted octanol–water partition coefficient (Wildman–Crippen LogP) is 4.73. The van der Waals surface area contributed by atoms with Crippen molar-refractivity contribution in [3.8, 4) is 17.2 Å². The van der Waals surface area contributed by atoms with Gasteiger partial charge >= 0.3 is 0 Å². The van der Waals surface area contributed by atoms with Crippen molar-refractivity contribution < 1.29 is 19.0 Å².